The van der Waals surface area contributed by atoms with Gasteiger partial charge < -0.3 is 0 Å². The predicted molar refractivity (Wildman–Crippen MR) is 49.2 cm³/mol. The van der Waals surface area contributed by atoms with Gasteiger partial charge in [-0.25, -0.2) is 4.84 Å². The van der Waals surface area contributed by atoms with Crippen LogP contribution in [0.5, 0.6) is 0 Å². The Kier molecular flexibility index (Phi) is 3.46. The number of rotatable bonds is 2. The largest absolute Gasteiger partial charge is 0.229 e. The Morgan fingerprint density at radius 3 is 2.55 bits per heavy atom. The minimum absolute atomic E-state index is 0.539. The summed E-state index contributed by atoms with van der Waals surface area (Å²) in [6.07, 6.45) is 0. The quantitative estimate of drug-likeness (QED) is 0.739. The van der Waals surface area contributed by atoms with Gasteiger partial charge in [-0.15, -0.1) is 0 Å². The third-order valence-corrected chi connectivity index (χ3v) is 1.99. The molecule has 0 heterocycles. The molecule has 1 rings (SSSR count). The zero-order valence-corrected chi connectivity index (χ0v) is 7.84. The van der Waals surface area contributed by atoms with Crippen molar-refractivity contribution in [1.82, 2.24) is 4.84 Å². The van der Waals surface area contributed by atoms with Gasteiger partial charge in [0.05, 0.1) is 0 Å². The third kappa shape index (κ3) is 2.53. The van der Waals surface area contributed by atoms with E-state index in [1.165, 1.54) is 0 Å². The summed E-state index contributed by atoms with van der Waals surface area (Å²) >= 11 is 16.8. The Hall–Kier alpha value is 0.0500. The predicted octanol–water partition coefficient (Wildman–Crippen LogP) is 3.24. The molecule has 0 unspecified atom stereocenters. The molecule has 0 atom stereocenters. The number of nitrogens with one attached hydrogen (secondary N) is 1. The topological polar surface area (TPSA) is 12.0 Å². The highest BCUT2D eigenvalue weighted by Gasteiger charge is 1.98. The maximum absolute atomic E-state index is 5.83. The van der Waals surface area contributed by atoms with Gasteiger partial charge in [0.25, 0.3) is 0 Å². The molecule has 0 spiro atoms. The minimum atomic E-state index is 0.539. The van der Waals surface area contributed by atoms with Crippen LogP contribution in [0.25, 0.3) is 0 Å². The number of benzene rings is 1. The molecule has 0 aliphatic carbocycles. The lowest BCUT2D eigenvalue weighted by molar-refractivity contribution is 0.964. The Balaban J connectivity index is 2.90. The highest BCUT2D eigenvalue weighted by atomic mass is 35.5. The van der Waals surface area contributed by atoms with Gasteiger partial charge in [-0.1, -0.05) is 29.3 Å². The van der Waals surface area contributed by atoms with E-state index in [2.05, 4.69) is 4.84 Å². The van der Waals surface area contributed by atoms with Crippen LogP contribution in [0.1, 0.15) is 5.56 Å². The maximum atomic E-state index is 5.83. The van der Waals surface area contributed by atoms with Gasteiger partial charge in [0.2, 0.25) is 0 Å². The average Bonchev–Trinajstić information content (AvgIpc) is 1.95. The Labute approximate surface area is 80.4 Å². The second kappa shape index (κ2) is 4.17. The van der Waals surface area contributed by atoms with Gasteiger partial charge in [0, 0.05) is 16.6 Å². The van der Waals surface area contributed by atoms with E-state index in [0.29, 0.717) is 16.6 Å². The smallest absolute Gasteiger partial charge is 0.0466 e. The first kappa shape index (κ1) is 9.14. The molecule has 1 nitrogen and oxygen atoms in total. The minimum Gasteiger partial charge on any atom is -0.229 e. The Bertz CT molecular complexity index is 249. The molecule has 4 heteroatoms. The number of halogens is 3. The standard InChI is InChI=1S/C7H6Cl3N/c8-6-2-1-5(4-11-10)7(9)3-6/h1-3,11H,4H2. The summed E-state index contributed by atoms with van der Waals surface area (Å²) < 4.78 is 0. The first-order valence-electron chi connectivity index (χ1n) is 3.01. The van der Waals surface area contributed by atoms with Crippen molar-refractivity contribution in [3.8, 4) is 0 Å². The second-order valence-corrected chi connectivity index (χ2v) is 3.16. The Morgan fingerprint density at radius 2 is 2.00 bits per heavy atom. The van der Waals surface area contributed by atoms with Crippen LogP contribution in [0.2, 0.25) is 10.0 Å². The SMILES string of the molecule is ClNCc1ccc(Cl)cc1Cl. The van der Waals surface area contributed by atoms with Crippen LogP contribution in [0.3, 0.4) is 0 Å². The van der Waals surface area contributed by atoms with E-state index in [0.717, 1.165) is 5.56 Å². The molecule has 0 bridgehead atoms. The molecule has 1 N–H and O–H groups in total. The normalized spacial score (nSPS) is 10.1. The van der Waals surface area contributed by atoms with E-state index in [1.807, 2.05) is 6.07 Å². The molecule has 0 fully saturated rings. The molecule has 0 radical (unpaired) electrons. The van der Waals surface area contributed by atoms with Crippen LogP contribution in [-0.4, -0.2) is 0 Å². The monoisotopic (exact) mass is 209 g/mol. The summed E-state index contributed by atoms with van der Waals surface area (Å²) in [4.78, 5) is 2.49. The van der Waals surface area contributed by atoms with Crippen molar-refractivity contribution in [2.75, 3.05) is 0 Å². The van der Waals surface area contributed by atoms with Crippen LogP contribution in [0.15, 0.2) is 18.2 Å². The highest BCUT2D eigenvalue weighted by molar-refractivity contribution is 6.35. The number of hydrogen-bond donors (Lipinski definition) is 1. The van der Waals surface area contributed by atoms with E-state index < -0.39 is 0 Å². The molecule has 60 valence electrons. The summed E-state index contributed by atoms with van der Waals surface area (Å²) in [5.41, 5.74) is 0.936. The van der Waals surface area contributed by atoms with E-state index in [-0.39, 0.29) is 0 Å². The van der Waals surface area contributed by atoms with Gasteiger partial charge in [0.15, 0.2) is 0 Å². The van der Waals surface area contributed by atoms with Crippen LogP contribution in [0, 0.1) is 0 Å². The molecule has 11 heavy (non-hydrogen) atoms. The molecule has 0 saturated carbocycles. The van der Waals surface area contributed by atoms with Crippen LogP contribution in [-0.2, 0) is 6.54 Å². The molecule has 0 saturated heterocycles. The molecular formula is C7H6Cl3N. The first-order chi connectivity index (χ1) is 5.24. The van der Waals surface area contributed by atoms with Gasteiger partial charge in [-0.05, 0) is 29.5 Å². The lowest BCUT2D eigenvalue weighted by Crippen LogP contribution is -1.98. The van der Waals surface area contributed by atoms with Crippen molar-refractivity contribution in [3.63, 3.8) is 0 Å². The molecule has 0 aliphatic rings. The molecule has 0 amide bonds. The van der Waals surface area contributed by atoms with Crippen molar-refractivity contribution in [1.29, 1.82) is 0 Å². The summed E-state index contributed by atoms with van der Waals surface area (Å²) in [7, 11) is 0. The molecule has 1 aromatic carbocycles. The van der Waals surface area contributed by atoms with Gasteiger partial charge in [0.1, 0.15) is 0 Å². The van der Waals surface area contributed by atoms with Crippen LogP contribution in [0.4, 0.5) is 0 Å². The van der Waals surface area contributed by atoms with Crippen LogP contribution < -0.4 is 4.84 Å². The fraction of sp³-hybridized carbons (Fsp3) is 0.143. The Morgan fingerprint density at radius 1 is 1.27 bits per heavy atom. The second-order valence-electron chi connectivity index (χ2n) is 2.05. The summed E-state index contributed by atoms with van der Waals surface area (Å²) in [6, 6.07) is 5.30. The van der Waals surface area contributed by atoms with Crippen LogP contribution >= 0.6 is 35.0 Å². The van der Waals surface area contributed by atoms with E-state index in [9.17, 15) is 0 Å². The molecular weight excluding hydrogens is 204 g/mol. The summed E-state index contributed by atoms with van der Waals surface area (Å²) in [6.45, 7) is 0.539. The van der Waals surface area contributed by atoms with Crippen molar-refractivity contribution in [2.45, 2.75) is 6.54 Å². The lowest BCUT2D eigenvalue weighted by atomic mass is 10.2. The molecule has 1 aromatic rings. The van der Waals surface area contributed by atoms with E-state index in [4.69, 9.17) is 35.0 Å². The number of hydrogen-bond acceptors (Lipinski definition) is 1. The third-order valence-electron chi connectivity index (χ3n) is 1.27. The van der Waals surface area contributed by atoms with Crippen molar-refractivity contribution >= 4 is 35.0 Å². The molecule has 0 aliphatic heterocycles. The molecule has 0 aromatic heterocycles. The lowest BCUT2D eigenvalue weighted by Gasteiger charge is -2.01. The zero-order valence-electron chi connectivity index (χ0n) is 5.57. The summed E-state index contributed by atoms with van der Waals surface area (Å²) in [5, 5.41) is 1.26. The van der Waals surface area contributed by atoms with Crippen molar-refractivity contribution in [3.05, 3.63) is 33.8 Å². The fourth-order valence-electron chi connectivity index (χ4n) is 0.737. The van der Waals surface area contributed by atoms with Gasteiger partial charge >= 0.3 is 0 Å². The zero-order chi connectivity index (χ0) is 8.27. The van der Waals surface area contributed by atoms with Crippen molar-refractivity contribution in [2.24, 2.45) is 0 Å². The van der Waals surface area contributed by atoms with Gasteiger partial charge in [-0.3, -0.25) is 0 Å². The van der Waals surface area contributed by atoms with E-state index >= 15 is 0 Å². The van der Waals surface area contributed by atoms with Gasteiger partial charge in [-0.2, -0.15) is 0 Å². The average molecular weight is 210 g/mol. The maximum Gasteiger partial charge on any atom is 0.0466 e. The fourth-order valence-corrected chi connectivity index (χ4v) is 1.36. The summed E-state index contributed by atoms with van der Waals surface area (Å²) in [5.74, 6) is 0. The first-order valence-corrected chi connectivity index (χ1v) is 4.15. The van der Waals surface area contributed by atoms with Crippen molar-refractivity contribution < 1.29 is 0 Å². The highest BCUT2D eigenvalue weighted by Crippen LogP contribution is 2.20. The van der Waals surface area contributed by atoms with E-state index in [1.54, 1.807) is 12.1 Å².